The summed E-state index contributed by atoms with van der Waals surface area (Å²) in [4.78, 5) is 16.6. The molecular weight excluding hydrogens is 336 g/mol. The molecule has 0 radical (unpaired) electrons. The Balaban J connectivity index is 1.85. The van der Waals surface area contributed by atoms with Gasteiger partial charge >= 0.3 is 6.03 Å². The maximum Gasteiger partial charge on any atom is 0.329 e. The molecule has 130 valence electrons. The van der Waals surface area contributed by atoms with Gasteiger partial charge in [-0.2, -0.15) is 0 Å². The highest BCUT2D eigenvalue weighted by Gasteiger charge is 2.54. The van der Waals surface area contributed by atoms with Crippen LogP contribution in [0.4, 0.5) is 16.2 Å². The Labute approximate surface area is 147 Å². The summed E-state index contributed by atoms with van der Waals surface area (Å²) in [5.74, 6) is 0.0276. The predicted octanol–water partition coefficient (Wildman–Crippen LogP) is 2.92. The molecule has 0 saturated carbocycles. The maximum absolute atomic E-state index is 13.3. The van der Waals surface area contributed by atoms with E-state index in [4.69, 9.17) is 0 Å². The van der Waals surface area contributed by atoms with Crippen LogP contribution in [-0.2, 0) is 9.84 Å². The summed E-state index contributed by atoms with van der Waals surface area (Å²) in [5, 5.41) is 0. The van der Waals surface area contributed by atoms with E-state index in [-0.39, 0.29) is 29.6 Å². The van der Waals surface area contributed by atoms with Crippen LogP contribution < -0.4 is 9.80 Å². The summed E-state index contributed by atoms with van der Waals surface area (Å²) in [6.45, 7) is 3.97. The van der Waals surface area contributed by atoms with Crippen molar-refractivity contribution >= 4 is 27.2 Å². The summed E-state index contributed by atoms with van der Waals surface area (Å²) in [6, 6.07) is 14.3. The Kier molecular flexibility index (Phi) is 3.61. The Morgan fingerprint density at radius 3 is 2.20 bits per heavy atom. The number of benzene rings is 2. The number of hydrogen-bond donors (Lipinski definition) is 0. The van der Waals surface area contributed by atoms with Gasteiger partial charge in [0.15, 0.2) is 9.84 Å². The van der Waals surface area contributed by atoms with E-state index in [9.17, 15) is 13.2 Å². The zero-order valence-electron chi connectivity index (χ0n) is 14.2. The van der Waals surface area contributed by atoms with E-state index in [1.165, 1.54) is 0 Å². The number of anilines is 2. The molecule has 2 fully saturated rings. The third kappa shape index (κ3) is 2.52. The van der Waals surface area contributed by atoms with E-state index in [2.05, 4.69) is 0 Å². The van der Waals surface area contributed by atoms with E-state index >= 15 is 0 Å². The molecule has 2 aliphatic rings. The fourth-order valence-electron chi connectivity index (χ4n) is 3.87. The molecule has 0 bridgehead atoms. The monoisotopic (exact) mass is 356 g/mol. The van der Waals surface area contributed by atoms with Gasteiger partial charge in [0, 0.05) is 11.4 Å². The molecule has 0 aliphatic carbocycles. The van der Waals surface area contributed by atoms with Gasteiger partial charge < -0.3 is 0 Å². The van der Waals surface area contributed by atoms with Crippen molar-refractivity contribution in [2.75, 3.05) is 21.3 Å². The van der Waals surface area contributed by atoms with Crippen molar-refractivity contribution in [1.29, 1.82) is 0 Å². The first-order valence-electron chi connectivity index (χ1n) is 8.33. The second kappa shape index (κ2) is 5.59. The Bertz CT molecular complexity index is 940. The number of para-hydroxylation sites is 1. The van der Waals surface area contributed by atoms with Gasteiger partial charge in [0.25, 0.3) is 0 Å². The minimum atomic E-state index is -3.17. The maximum atomic E-state index is 13.3. The van der Waals surface area contributed by atoms with Crippen LogP contribution in [0.1, 0.15) is 11.1 Å². The van der Waals surface area contributed by atoms with Gasteiger partial charge in [-0.25, -0.2) is 13.2 Å². The van der Waals surface area contributed by atoms with E-state index in [0.29, 0.717) is 0 Å². The lowest BCUT2D eigenvalue weighted by molar-refractivity contribution is 0.255. The topological polar surface area (TPSA) is 57.7 Å². The van der Waals surface area contributed by atoms with Crippen molar-refractivity contribution in [1.82, 2.24) is 0 Å². The molecule has 4 rings (SSSR count). The number of carbonyl (C=O) groups is 1. The van der Waals surface area contributed by atoms with Gasteiger partial charge in [0.2, 0.25) is 0 Å². The first-order valence-corrected chi connectivity index (χ1v) is 10.2. The molecule has 0 spiro atoms. The Hall–Kier alpha value is -2.34. The average Bonchev–Trinajstić information content (AvgIpc) is 3.00. The molecule has 2 aliphatic heterocycles. The van der Waals surface area contributed by atoms with E-state index in [1.54, 1.807) is 9.80 Å². The number of nitrogens with zero attached hydrogens (tertiary/aromatic N) is 2. The molecule has 2 aromatic rings. The number of hydrogen-bond acceptors (Lipinski definition) is 3. The van der Waals surface area contributed by atoms with Crippen LogP contribution in [-0.4, -0.2) is 38.0 Å². The molecule has 2 amide bonds. The minimum absolute atomic E-state index is 0.0136. The number of carbonyl (C=O) groups excluding carboxylic acids is 1. The molecule has 25 heavy (non-hydrogen) atoms. The van der Waals surface area contributed by atoms with Crippen molar-refractivity contribution < 1.29 is 13.2 Å². The number of amides is 2. The molecule has 2 atom stereocenters. The average molecular weight is 356 g/mol. The standard InChI is InChI=1S/C19H20N2O3S/c1-13-7-6-10-16(14(13)2)21-18-12-25(23,24)11-17(18)20(19(21)22)15-8-4-3-5-9-15/h3-10,17-18H,11-12H2,1-2H3/t17-,18+/m0/s1. The van der Waals surface area contributed by atoms with E-state index in [1.807, 2.05) is 62.4 Å². The van der Waals surface area contributed by atoms with Crippen LogP contribution in [0.2, 0.25) is 0 Å². The SMILES string of the molecule is Cc1cccc(N2C(=O)N(c3ccccc3)[C@H]3CS(=O)(=O)C[C@H]32)c1C. The Morgan fingerprint density at radius 2 is 1.52 bits per heavy atom. The normalized spacial score (nSPS) is 24.6. The van der Waals surface area contributed by atoms with Gasteiger partial charge in [-0.1, -0.05) is 30.3 Å². The Morgan fingerprint density at radius 1 is 0.880 bits per heavy atom. The minimum Gasteiger partial charge on any atom is -0.288 e. The number of fused-ring (bicyclic) bond motifs is 1. The molecule has 0 unspecified atom stereocenters. The van der Waals surface area contributed by atoms with E-state index in [0.717, 1.165) is 22.5 Å². The summed E-state index contributed by atoms with van der Waals surface area (Å²) in [6.07, 6.45) is 0. The van der Waals surface area contributed by atoms with Crippen molar-refractivity contribution in [3.8, 4) is 0 Å². The quantitative estimate of drug-likeness (QED) is 0.778. The van der Waals surface area contributed by atoms with Crippen molar-refractivity contribution in [2.24, 2.45) is 0 Å². The molecule has 5 nitrogen and oxygen atoms in total. The fraction of sp³-hybridized carbons (Fsp3) is 0.316. The zero-order chi connectivity index (χ0) is 17.8. The number of aryl methyl sites for hydroxylation is 1. The zero-order valence-corrected chi connectivity index (χ0v) is 15.0. The largest absolute Gasteiger partial charge is 0.329 e. The highest BCUT2D eigenvalue weighted by Crippen LogP contribution is 2.39. The van der Waals surface area contributed by atoms with Crippen LogP contribution >= 0.6 is 0 Å². The second-order valence-corrected chi connectivity index (χ2v) is 8.94. The smallest absolute Gasteiger partial charge is 0.288 e. The van der Waals surface area contributed by atoms with Gasteiger partial charge in [-0.3, -0.25) is 9.80 Å². The first-order chi connectivity index (χ1) is 11.9. The lowest BCUT2D eigenvalue weighted by Gasteiger charge is -2.24. The summed E-state index contributed by atoms with van der Waals surface area (Å²) in [7, 11) is -3.17. The number of urea groups is 1. The first kappa shape index (κ1) is 16.1. The molecule has 0 aromatic heterocycles. The molecule has 2 heterocycles. The summed E-state index contributed by atoms with van der Waals surface area (Å²) >= 11 is 0. The van der Waals surface area contributed by atoms with Crippen molar-refractivity contribution in [3.05, 3.63) is 59.7 Å². The molecule has 2 aromatic carbocycles. The van der Waals surface area contributed by atoms with Crippen LogP contribution in [0.5, 0.6) is 0 Å². The lowest BCUT2D eigenvalue weighted by atomic mass is 10.1. The van der Waals surface area contributed by atoms with Gasteiger partial charge in [-0.05, 0) is 43.2 Å². The van der Waals surface area contributed by atoms with E-state index < -0.39 is 9.84 Å². The predicted molar refractivity (Wildman–Crippen MR) is 98.9 cm³/mol. The van der Waals surface area contributed by atoms with Crippen LogP contribution in [0.25, 0.3) is 0 Å². The fourth-order valence-corrected chi connectivity index (χ4v) is 5.79. The summed E-state index contributed by atoms with van der Waals surface area (Å²) in [5.41, 5.74) is 3.64. The second-order valence-electron chi connectivity index (χ2n) is 6.79. The van der Waals surface area contributed by atoms with Crippen LogP contribution in [0.15, 0.2) is 48.5 Å². The third-order valence-electron chi connectivity index (χ3n) is 5.24. The van der Waals surface area contributed by atoms with Crippen LogP contribution in [0, 0.1) is 13.8 Å². The lowest BCUT2D eigenvalue weighted by Crippen LogP contribution is -2.38. The number of rotatable bonds is 2. The molecular formula is C19H20N2O3S. The third-order valence-corrected chi connectivity index (χ3v) is 6.94. The molecule has 0 N–H and O–H groups in total. The van der Waals surface area contributed by atoms with Gasteiger partial charge in [0.05, 0.1) is 23.6 Å². The van der Waals surface area contributed by atoms with Crippen LogP contribution in [0.3, 0.4) is 0 Å². The van der Waals surface area contributed by atoms with Gasteiger partial charge in [-0.15, -0.1) is 0 Å². The highest BCUT2D eigenvalue weighted by molar-refractivity contribution is 7.91. The number of sulfone groups is 1. The van der Waals surface area contributed by atoms with Gasteiger partial charge in [0.1, 0.15) is 0 Å². The highest BCUT2D eigenvalue weighted by atomic mass is 32.2. The summed E-state index contributed by atoms with van der Waals surface area (Å²) < 4.78 is 24.6. The van der Waals surface area contributed by atoms with Crippen molar-refractivity contribution in [3.63, 3.8) is 0 Å². The molecule has 2 saturated heterocycles. The van der Waals surface area contributed by atoms with Crippen molar-refractivity contribution in [2.45, 2.75) is 25.9 Å². The molecule has 6 heteroatoms.